The molecule has 0 aliphatic heterocycles. The first-order valence-corrected chi connectivity index (χ1v) is 19.4. The summed E-state index contributed by atoms with van der Waals surface area (Å²) in [6.45, 7) is 26.4. The Morgan fingerprint density at radius 3 is 1.86 bits per heavy atom. The number of alkyl halides is 3. The van der Waals surface area contributed by atoms with Crippen LogP contribution in [0.2, 0.25) is 0 Å². The van der Waals surface area contributed by atoms with Crippen LogP contribution in [0.4, 0.5) is 13.2 Å². The molecule has 0 saturated carbocycles. The van der Waals surface area contributed by atoms with E-state index in [1.807, 2.05) is 47.1 Å². The molecule has 0 aliphatic carbocycles. The molecule has 0 aliphatic rings. The van der Waals surface area contributed by atoms with Gasteiger partial charge in [-0.05, 0) is 51.2 Å². The minimum Gasteiger partial charge on any atom is -0.509 e. The fraction of sp³-hybridized carbons (Fsp3) is 0.347. The van der Waals surface area contributed by atoms with Crippen LogP contribution in [0.3, 0.4) is 0 Å². The Morgan fingerprint density at radius 2 is 1.26 bits per heavy atom. The zero-order chi connectivity index (χ0) is 41.5. The second-order valence-electron chi connectivity index (χ2n) is 19.1. The first-order valence-electron chi connectivity index (χ1n) is 19.4. The quantitative estimate of drug-likeness (QED) is 0.162. The Balaban J connectivity index is 0.00000567. The van der Waals surface area contributed by atoms with Crippen molar-refractivity contribution in [1.82, 2.24) is 19.3 Å². The molecular weight excluding hydrogens is 913 g/mol. The average molecular weight is 964 g/mol. The summed E-state index contributed by atoms with van der Waals surface area (Å²) in [5.74, 6) is 0.995. The second-order valence-corrected chi connectivity index (χ2v) is 19.1. The van der Waals surface area contributed by atoms with Crippen molar-refractivity contribution in [2.75, 3.05) is 0 Å². The van der Waals surface area contributed by atoms with Crippen molar-refractivity contribution < 1.29 is 39.0 Å². The van der Waals surface area contributed by atoms with Crippen molar-refractivity contribution in [3.63, 3.8) is 0 Å². The van der Waals surface area contributed by atoms with Gasteiger partial charge in [0.15, 0.2) is 0 Å². The third kappa shape index (κ3) is 8.27. The van der Waals surface area contributed by atoms with Gasteiger partial charge in [0.2, 0.25) is 0 Å². The summed E-state index contributed by atoms with van der Waals surface area (Å²) >= 11 is 0. The molecule has 0 atom stereocenters. The van der Waals surface area contributed by atoms with E-state index in [9.17, 15) is 13.2 Å². The van der Waals surface area contributed by atoms with Crippen LogP contribution in [0.1, 0.15) is 111 Å². The van der Waals surface area contributed by atoms with Gasteiger partial charge >= 0.3 is 27.2 Å². The van der Waals surface area contributed by atoms with E-state index in [-0.39, 0.29) is 48.5 Å². The van der Waals surface area contributed by atoms with Gasteiger partial charge in [-0.1, -0.05) is 131 Å². The number of para-hydroxylation sites is 1. The van der Waals surface area contributed by atoms with Gasteiger partial charge in [-0.2, -0.15) is 24.3 Å². The second kappa shape index (κ2) is 14.9. The molecule has 9 heteroatoms. The molecule has 0 unspecified atom stereocenters. The molecule has 0 amide bonds. The van der Waals surface area contributed by atoms with Crippen LogP contribution in [0.5, 0.6) is 11.5 Å². The third-order valence-corrected chi connectivity index (χ3v) is 10.3. The van der Waals surface area contributed by atoms with E-state index in [0.717, 1.165) is 56.7 Å². The van der Waals surface area contributed by atoms with E-state index in [1.54, 1.807) is 4.57 Å². The number of rotatable bonds is 5. The van der Waals surface area contributed by atoms with Crippen molar-refractivity contribution in [2.45, 2.75) is 111 Å². The largest absolute Gasteiger partial charge is 2.00 e. The van der Waals surface area contributed by atoms with Crippen LogP contribution in [0.25, 0.3) is 44.4 Å². The van der Waals surface area contributed by atoms with E-state index in [4.69, 9.17) is 9.84 Å². The predicted octanol–water partition coefficient (Wildman–Crippen LogP) is 13.6. The molecule has 4 aromatic carbocycles. The van der Waals surface area contributed by atoms with Gasteiger partial charge in [0.25, 0.3) is 0 Å². The zero-order valence-corrected chi connectivity index (χ0v) is 37.6. The summed E-state index contributed by atoms with van der Waals surface area (Å²) in [6.07, 6.45) is -3.33. The zero-order valence-electron chi connectivity index (χ0n) is 35.3. The Hall–Kier alpha value is -4.68. The van der Waals surface area contributed by atoms with E-state index < -0.39 is 11.7 Å². The Kier molecular flexibility index (Phi) is 11.0. The van der Waals surface area contributed by atoms with Crippen LogP contribution in [0, 0.1) is 12.1 Å². The normalized spacial score (nSPS) is 12.9. The molecule has 0 saturated heterocycles. The maximum Gasteiger partial charge on any atom is 2.00 e. The predicted molar refractivity (Wildman–Crippen MR) is 225 cm³/mol. The number of benzene rings is 4. The minimum absolute atomic E-state index is 0. The summed E-state index contributed by atoms with van der Waals surface area (Å²) in [7, 11) is 0. The van der Waals surface area contributed by atoms with E-state index in [2.05, 4.69) is 131 Å². The van der Waals surface area contributed by atoms with Crippen LogP contribution in [0.15, 0.2) is 91.1 Å². The van der Waals surface area contributed by atoms with Crippen LogP contribution in [-0.2, 0) is 48.9 Å². The Morgan fingerprint density at radius 1 is 0.603 bits per heavy atom. The number of aromatic nitrogens is 4. The molecule has 7 aromatic rings. The molecule has 0 radical (unpaired) electrons. The molecule has 0 spiro atoms. The summed E-state index contributed by atoms with van der Waals surface area (Å²) < 4.78 is 51.9. The van der Waals surface area contributed by atoms with Crippen LogP contribution < -0.4 is 4.74 Å². The van der Waals surface area contributed by atoms with Crippen molar-refractivity contribution in [2.24, 2.45) is 0 Å². The van der Waals surface area contributed by atoms with E-state index >= 15 is 0 Å². The molecule has 58 heavy (non-hydrogen) atoms. The molecular formula is C49H51F3N4OPt. The SMILES string of the molecule is CC(C)(C)c1ccc(-c2c(C(C)(C)C)nn(-c3[c-]c(Oc4[c-]c5c(cc4)c4ccccc4n5-c4cc(C(F)(F)F)ccn4)cc(C(C)(C)C)c3)c2C(C)(C)C)cc1.[Pt+2]. The van der Waals surface area contributed by atoms with Gasteiger partial charge in [-0.15, -0.1) is 41.3 Å². The first-order chi connectivity index (χ1) is 26.4. The minimum atomic E-state index is -4.52. The molecule has 0 N–H and O–H groups in total. The summed E-state index contributed by atoms with van der Waals surface area (Å²) in [5.41, 5.74) is 6.97. The van der Waals surface area contributed by atoms with Crippen LogP contribution in [-0.4, -0.2) is 19.3 Å². The monoisotopic (exact) mass is 963 g/mol. The van der Waals surface area contributed by atoms with Gasteiger partial charge in [-0.3, -0.25) is 4.68 Å². The van der Waals surface area contributed by atoms with Gasteiger partial charge in [0, 0.05) is 39.6 Å². The number of hydrogen-bond acceptors (Lipinski definition) is 3. The van der Waals surface area contributed by atoms with Crippen molar-refractivity contribution in [3.8, 4) is 34.1 Å². The smallest absolute Gasteiger partial charge is 0.509 e. The van der Waals surface area contributed by atoms with E-state index in [1.165, 1.54) is 11.8 Å². The van der Waals surface area contributed by atoms with Gasteiger partial charge in [0.1, 0.15) is 5.82 Å². The number of nitrogens with zero attached hydrogens (tertiary/aromatic N) is 4. The number of fused-ring (bicyclic) bond motifs is 3. The number of ether oxygens (including phenoxy) is 1. The maximum atomic E-state index is 13.9. The molecule has 5 nitrogen and oxygen atoms in total. The van der Waals surface area contributed by atoms with E-state index in [0.29, 0.717) is 22.5 Å². The van der Waals surface area contributed by atoms with Gasteiger partial charge < -0.3 is 9.30 Å². The van der Waals surface area contributed by atoms with Crippen molar-refractivity contribution in [3.05, 3.63) is 131 Å². The number of halogens is 3. The van der Waals surface area contributed by atoms with Gasteiger partial charge in [0.05, 0.1) is 17.0 Å². The standard InChI is InChI=1S/C49H51F3N4O.Pt/c1-45(2,3)31-19-17-30(18-20-31)42-43(47(7,8)9)54-56(44(42)48(10,11)12)34-25-33(46(4,5)6)26-36(28-34)57-35-21-22-38-37-15-13-14-16-39(37)55(40(38)29-35)41-27-32(23-24-53-41)49(50,51)52;/h13-27H,1-12H3;/q-2;+2. The Labute approximate surface area is 354 Å². The number of hydrogen-bond donors (Lipinski definition) is 0. The number of pyridine rings is 1. The van der Waals surface area contributed by atoms with Crippen molar-refractivity contribution in [1.29, 1.82) is 0 Å². The molecule has 3 aromatic heterocycles. The molecule has 3 heterocycles. The summed E-state index contributed by atoms with van der Waals surface area (Å²) in [6, 6.07) is 33.3. The van der Waals surface area contributed by atoms with Gasteiger partial charge in [-0.25, -0.2) is 4.98 Å². The molecule has 304 valence electrons. The summed E-state index contributed by atoms with van der Waals surface area (Å²) in [4.78, 5) is 4.37. The molecule has 0 bridgehead atoms. The average Bonchev–Trinajstić information content (AvgIpc) is 3.68. The van der Waals surface area contributed by atoms with Crippen molar-refractivity contribution >= 4 is 21.8 Å². The Bertz CT molecular complexity index is 2620. The van der Waals surface area contributed by atoms with Crippen LogP contribution >= 0.6 is 0 Å². The fourth-order valence-corrected chi connectivity index (χ4v) is 7.36. The third-order valence-electron chi connectivity index (χ3n) is 10.3. The molecule has 7 rings (SSSR count). The molecule has 0 fully saturated rings. The first kappa shape index (κ1) is 42.9. The topological polar surface area (TPSA) is 44.9 Å². The summed E-state index contributed by atoms with van der Waals surface area (Å²) in [5, 5.41) is 7.08. The maximum absolute atomic E-state index is 13.9. The fourth-order valence-electron chi connectivity index (χ4n) is 7.36.